The van der Waals surface area contributed by atoms with E-state index < -0.39 is 20.0 Å². The van der Waals surface area contributed by atoms with Gasteiger partial charge in [0.05, 0.1) is 22.0 Å². The summed E-state index contributed by atoms with van der Waals surface area (Å²) in [5.74, 6) is 0.0239. The Kier molecular flexibility index (Phi) is 5.24. The van der Waals surface area contributed by atoms with Gasteiger partial charge in [-0.2, -0.15) is 0 Å². The van der Waals surface area contributed by atoms with E-state index in [9.17, 15) is 16.8 Å². The molecule has 0 amide bonds. The molecule has 0 aromatic heterocycles. The maximum absolute atomic E-state index is 13.0. The Morgan fingerprint density at radius 2 is 1.77 bits per heavy atom. The Morgan fingerprint density at radius 3 is 2.46 bits per heavy atom. The molecule has 0 atom stereocenters. The van der Waals surface area contributed by atoms with Crippen LogP contribution in [0, 0.1) is 0 Å². The zero-order valence-electron chi connectivity index (χ0n) is 14.6. The van der Waals surface area contributed by atoms with Crippen LogP contribution in [0.2, 0.25) is 0 Å². The zero-order valence-corrected chi connectivity index (χ0v) is 16.2. The van der Waals surface area contributed by atoms with Gasteiger partial charge in [-0.3, -0.25) is 9.03 Å². The van der Waals surface area contributed by atoms with Crippen LogP contribution in [0.25, 0.3) is 0 Å². The van der Waals surface area contributed by atoms with Crippen molar-refractivity contribution < 1.29 is 16.8 Å². The lowest BCUT2D eigenvalue weighted by Gasteiger charge is -2.31. The Morgan fingerprint density at radius 1 is 1.04 bits per heavy atom. The zero-order chi connectivity index (χ0) is 18.8. The third-order valence-corrected chi connectivity index (χ3v) is 7.56. The second-order valence-electron chi connectivity index (χ2n) is 6.26. The Hall–Kier alpha value is -2.06. The van der Waals surface area contributed by atoms with Gasteiger partial charge in [-0.25, -0.2) is 16.8 Å². The van der Waals surface area contributed by atoms with E-state index in [1.807, 2.05) is 0 Å². The van der Waals surface area contributed by atoms with E-state index >= 15 is 0 Å². The minimum Gasteiger partial charge on any atom is -0.283 e. The minimum absolute atomic E-state index is 0.0239. The number of fused-ring (bicyclic) bond motifs is 1. The maximum atomic E-state index is 13.0. The van der Waals surface area contributed by atoms with Crippen molar-refractivity contribution in [1.82, 2.24) is 0 Å². The highest BCUT2D eigenvalue weighted by Gasteiger charge is 2.29. The molecular weight excluding hydrogens is 372 g/mol. The first-order chi connectivity index (χ1) is 12.3. The van der Waals surface area contributed by atoms with Gasteiger partial charge >= 0.3 is 0 Å². The fourth-order valence-corrected chi connectivity index (χ4v) is 5.75. The molecule has 0 bridgehead atoms. The molecule has 8 heteroatoms. The van der Waals surface area contributed by atoms with Gasteiger partial charge in [0.15, 0.2) is 0 Å². The van der Waals surface area contributed by atoms with Gasteiger partial charge in [0.1, 0.15) is 0 Å². The molecule has 1 aliphatic heterocycles. The molecule has 1 heterocycles. The van der Waals surface area contributed by atoms with Crippen molar-refractivity contribution in [1.29, 1.82) is 0 Å². The maximum Gasteiger partial charge on any atom is 0.264 e. The van der Waals surface area contributed by atoms with Crippen LogP contribution in [0.4, 0.5) is 11.4 Å². The molecule has 1 aliphatic rings. The van der Waals surface area contributed by atoms with Crippen LogP contribution in [-0.4, -0.2) is 29.1 Å². The normalized spacial score (nSPS) is 14.7. The summed E-state index contributed by atoms with van der Waals surface area (Å²) in [6.07, 6.45) is 1.99. The van der Waals surface area contributed by atoms with Crippen molar-refractivity contribution in [3.05, 3.63) is 54.1 Å². The number of hydrogen-bond donors (Lipinski definition) is 1. The lowest BCUT2D eigenvalue weighted by atomic mass is 10.0. The molecule has 6 nitrogen and oxygen atoms in total. The molecule has 0 saturated heterocycles. The van der Waals surface area contributed by atoms with Crippen molar-refractivity contribution in [2.75, 3.05) is 21.3 Å². The molecule has 3 rings (SSSR count). The summed E-state index contributed by atoms with van der Waals surface area (Å²) in [6.45, 7) is 2.16. The third kappa shape index (κ3) is 3.86. The molecule has 140 valence electrons. The van der Waals surface area contributed by atoms with E-state index in [1.54, 1.807) is 55.5 Å². The molecule has 0 spiro atoms. The van der Waals surface area contributed by atoms with Crippen molar-refractivity contribution in [2.45, 2.75) is 31.1 Å². The summed E-state index contributed by atoms with van der Waals surface area (Å²) >= 11 is 0. The molecule has 0 unspecified atom stereocenters. The lowest BCUT2D eigenvalue weighted by Crippen LogP contribution is -2.35. The van der Waals surface area contributed by atoms with Gasteiger partial charge in [-0.1, -0.05) is 31.2 Å². The summed E-state index contributed by atoms with van der Waals surface area (Å²) in [5.41, 5.74) is 1.82. The van der Waals surface area contributed by atoms with E-state index in [-0.39, 0.29) is 10.6 Å². The van der Waals surface area contributed by atoms with E-state index in [0.29, 0.717) is 24.3 Å². The molecule has 1 N–H and O–H groups in total. The van der Waals surface area contributed by atoms with Crippen LogP contribution in [0.15, 0.2) is 53.4 Å². The van der Waals surface area contributed by atoms with Crippen molar-refractivity contribution in [3.63, 3.8) is 0 Å². The quantitative estimate of drug-likeness (QED) is 0.816. The van der Waals surface area contributed by atoms with E-state index in [1.165, 1.54) is 4.31 Å². The summed E-state index contributed by atoms with van der Waals surface area (Å²) in [5, 5.41) is 0. The third-order valence-electron chi connectivity index (χ3n) is 4.24. The van der Waals surface area contributed by atoms with E-state index in [4.69, 9.17) is 0 Å². The number of sulfonamides is 2. The fourth-order valence-electron chi connectivity index (χ4n) is 3.07. The monoisotopic (exact) mass is 394 g/mol. The highest BCUT2D eigenvalue weighted by Crippen LogP contribution is 2.34. The van der Waals surface area contributed by atoms with Crippen LogP contribution < -0.4 is 9.03 Å². The molecular formula is C18H22N2O4S2. The first kappa shape index (κ1) is 18.7. The second kappa shape index (κ2) is 7.28. The van der Waals surface area contributed by atoms with Gasteiger partial charge in [-0.05, 0) is 49.1 Å². The molecule has 0 radical (unpaired) electrons. The van der Waals surface area contributed by atoms with Crippen LogP contribution in [0.1, 0.15) is 25.3 Å². The molecule has 0 saturated carbocycles. The number of hydrogen-bond acceptors (Lipinski definition) is 4. The second-order valence-corrected chi connectivity index (χ2v) is 9.96. The summed E-state index contributed by atoms with van der Waals surface area (Å²) in [6, 6.07) is 13.4. The first-order valence-electron chi connectivity index (χ1n) is 8.55. The number of nitrogens with zero attached hydrogens (tertiary/aromatic N) is 1. The van der Waals surface area contributed by atoms with Gasteiger partial charge in [0, 0.05) is 6.54 Å². The SMILES string of the molecule is CCCS(=O)(=O)Nc1ccc2c(c1)N(S(=O)(=O)c1ccccc1)CCC2. The van der Waals surface area contributed by atoms with Gasteiger partial charge in [0.25, 0.3) is 10.0 Å². The molecule has 0 aliphatic carbocycles. The smallest absolute Gasteiger partial charge is 0.264 e. The van der Waals surface area contributed by atoms with Crippen LogP contribution in [0.5, 0.6) is 0 Å². The number of rotatable bonds is 6. The number of aryl methyl sites for hydroxylation is 1. The standard InChI is InChI=1S/C18H22N2O4S2/c1-2-13-25(21,22)19-16-11-10-15-7-6-12-20(18(15)14-16)26(23,24)17-8-4-3-5-9-17/h3-5,8-11,14,19H,2,6-7,12-13H2,1H3. The Labute approximate surface area is 155 Å². The Bertz CT molecular complexity index is 987. The van der Waals surface area contributed by atoms with Crippen LogP contribution >= 0.6 is 0 Å². The summed E-state index contributed by atoms with van der Waals surface area (Å²) in [7, 11) is -7.12. The highest BCUT2D eigenvalue weighted by molar-refractivity contribution is 7.93. The molecule has 0 fully saturated rings. The summed E-state index contributed by atoms with van der Waals surface area (Å²) in [4.78, 5) is 0.227. The van der Waals surface area contributed by atoms with Crippen LogP contribution in [-0.2, 0) is 26.5 Å². The van der Waals surface area contributed by atoms with E-state index in [2.05, 4.69) is 4.72 Å². The molecule has 2 aromatic carbocycles. The Balaban J connectivity index is 2.00. The highest BCUT2D eigenvalue weighted by atomic mass is 32.2. The summed E-state index contributed by atoms with van der Waals surface area (Å²) < 4.78 is 54.0. The fraction of sp³-hybridized carbons (Fsp3) is 0.333. The topological polar surface area (TPSA) is 83.6 Å². The van der Waals surface area contributed by atoms with Gasteiger partial charge < -0.3 is 0 Å². The van der Waals surface area contributed by atoms with E-state index in [0.717, 1.165) is 18.4 Å². The first-order valence-corrected chi connectivity index (χ1v) is 11.6. The van der Waals surface area contributed by atoms with Crippen LogP contribution in [0.3, 0.4) is 0 Å². The minimum atomic E-state index is -3.69. The van der Waals surface area contributed by atoms with Gasteiger partial charge in [-0.15, -0.1) is 0 Å². The molecule has 2 aromatic rings. The van der Waals surface area contributed by atoms with Gasteiger partial charge in [0.2, 0.25) is 10.0 Å². The van der Waals surface area contributed by atoms with Crippen molar-refractivity contribution >= 4 is 31.4 Å². The predicted octanol–water partition coefficient (Wildman–Crippen LogP) is 2.98. The number of anilines is 2. The predicted molar refractivity (Wildman–Crippen MR) is 103 cm³/mol. The molecule has 26 heavy (non-hydrogen) atoms. The largest absolute Gasteiger partial charge is 0.283 e. The average molecular weight is 395 g/mol. The van der Waals surface area contributed by atoms with Crippen molar-refractivity contribution in [3.8, 4) is 0 Å². The van der Waals surface area contributed by atoms with Crippen molar-refractivity contribution in [2.24, 2.45) is 0 Å². The average Bonchev–Trinajstić information content (AvgIpc) is 2.61. The number of nitrogens with one attached hydrogen (secondary N) is 1. The number of benzene rings is 2. The lowest BCUT2D eigenvalue weighted by molar-refractivity contribution is 0.586.